The van der Waals surface area contributed by atoms with Crippen molar-refractivity contribution in [1.29, 1.82) is 0 Å². The number of benzene rings is 2. The SMILES string of the molecule is CCCOc1cccc(/C(O)=C2\C(=O)C(=O)N(CCOC)C2c2ccc(OCCC(C)C)c(OC)c2)c1. The summed E-state index contributed by atoms with van der Waals surface area (Å²) in [5.74, 6) is 0.404. The largest absolute Gasteiger partial charge is 0.507 e. The number of carbonyl (C=O) groups is 2. The third-order valence-corrected chi connectivity index (χ3v) is 6.11. The van der Waals surface area contributed by atoms with E-state index in [1.165, 1.54) is 19.1 Å². The standard InChI is InChI=1S/C29H37NO7/c1-6-14-36-22-9-7-8-21(17-22)27(31)25-26(30(13-16-34-4)29(33)28(25)32)20-10-11-23(24(18-20)35-5)37-15-12-19(2)3/h7-11,17-19,26,31H,6,12-16H2,1-5H3/b27-25+. The molecule has 37 heavy (non-hydrogen) atoms. The molecule has 0 saturated carbocycles. The van der Waals surface area contributed by atoms with Crippen molar-refractivity contribution in [2.45, 2.75) is 39.7 Å². The van der Waals surface area contributed by atoms with Gasteiger partial charge in [-0.1, -0.05) is 39.0 Å². The lowest BCUT2D eigenvalue weighted by atomic mass is 9.95. The summed E-state index contributed by atoms with van der Waals surface area (Å²) in [6, 6.07) is 11.3. The van der Waals surface area contributed by atoms with Gasteiger partial charge in [-0.15, -0.1) is 0 Å². The molecule has 1 atom stereocenters. The van der Waals surface area contributed by atoms with E-state index >= 15 is 0 Å². The summed E-state index contributed by atoms with van der Waals surface area (Å²) in [6.07, 6.45) is 1.73. The van der Waals surface area contributed by atoms with Gasteiger partial charge in [0.05, 0.1) is 38.5 Å². The molecule has 1 N–H and O–H groups in total. The second-order valence-corrected chi connectivity index (χ2v) is 9.30. The number of hydrogen-bond donors (Lipinski definition) is 1. The van der Waals surface area contributed by atoms with Gasteiger partial charge in [0.2, 0.25) is 0 Å². The first-order chi connectivity index (χ1) is 17.8. The van der Waals surface area contributed by atoms with Gasteiger partial charge in [0.15, 0.2) is 11.5 Å². The molecule has 0 aromatic heterocycles. The highest BCUT2D eigenvalue weighted by atomic mass is 16.5. The van der Waals surface area contributed by atoms with Gasteiger partial charge < -0.3 is 29.0 Å². The molecule has 8 nitrogen and oxygen atoms in total. The molecule has 3 rings (SSSR count). The van der Waals surface area contributed by atoms with Crippen molar-refractivity contribution in [3.63, 3.8) is 0 Å². The molecule has 0 bridgehead atoms. The molecule has 0 radical (unpaired) electrons. The molecule has 0 aliphatic carbocycles. The van der Waals surface area contributed by atoms with Gasteiger partial charge in [0.1, 0.15) is 11.5 Å². The maximum atomic E-state index is 13.2. The Morgan fingerprint density at radius 1 is 1.00 bits per heavy atom. The van der Waals surface area contributed by atoms with E-state index in [1.807, 2.05) is 6.92 Å². The normalized spacial score (nSPS) is 16.9. The maximum absolute atomic E-state index is 13.2. The van der Waals surface area contributed by atoms with Crippen LogP contribution in [-0.2, 0) is 14.3 Å². The fraction of sp³-hybridized carbons (Fsp3) is 0.448. The van der Waals surface area contributed by atoms with Crippen molar-refractivity contribution in [3.05, 3.63) is 59.2 Å². The summed E-state index contributed by atoms with van der Waals surface area (Å²) in [4.78, 5) is 27.7. The van der Waals surface area contributed by atoms with Crippen LogP contribution in [0.25, 0.3) is 5.76 Å². The Bertz CT molecular complexity index is 1120. The van der Waals surface area contributed by atoms with Crippen molar-refractivity contribution in [2.75, 3.05) is 40.6 Å². The Hall–Kier alpha value is -3.52. The van der Waals surface area contributed by atoms with Gasteiger partial charge in [-0.25, -0.2) is 0 Å². The van der Waals surface area contributed by atoms with Crippen LogP contribution in [0.5, 0.6) is 17.2 Å². The predicted octanol–water partition coefficient (Wildman–Crippen LogP) is 4.98. The lowest BCUT2D eigenvalue weighted by Gasteiger charge is -2.25. The molecule has 1 saturated heterocycles. The van der Waals surface area contributed by atoms with Gasteiger partial charge in [0.25, 0.3) is 11.7 Å². The maximum Gasteiger partial charge on any atom is 0.295 e. The number of rotatable bonds is 13. The van der Waals surface area contributed by atoms with Crippen LogP contribution in [0.15, 0.2) is 48.0 Å². The van der Waals surface area contributed by atoms with Crippen LogP contribution >= 0.6 is 0 Å². The van der Waals surface area contributed by atoms with Crippen molar-refractivity contribution in [2.24, 2.45) is 5.92 Å². The predicted molar refractivity (Wildman–Crippen MR) is 141 cm³/mol. The van der Waals surface area contributed by atoms with E-state index in [-0.39, 0.29) is 24.5 Å². The average Bonchev–Trinajstić information content (AvgIpc) is 3.15. The first-order valence-corrected chi connectivity index (χ1v) is 12.6. The molecule has 200 valence electrons. The van der Waals surface area contributed by atoms with E-state index in [9.17, 15) is 14.7 Å². The number of aliphatic hydroxyl groups excluding tert-OH is 1. The van der Waals surface area contributed by atoms with Crippen LogP contribution in [0.1, 0.15) is 50.8 Å². The Morgan fingerprint density at radius 3 is 2.46 bits per heavy atom. The van der Waals surface area contributed by atoms with Gasteiger partial charge in [-0.05, 0) is 48.6 Å². The zero-order valence-corrected chi connectivity index (χ0v) is 22.3. The number of likely N-dealkylation sites (tertiary alicyclic amines) is 1. The first-order valence-electron chi connectivity index (χ1n) is 12.6. The molecule has 2 aromatic carbocycles. The highest BCUT2D eigenvalue weighted by molar-refractivity contribution is 6.46. The van der Waals surface area contributed by atoms with Crippen molar-refractivity contribution < 1.29 is 33.6 Å². The molecule has 0 spiro atoms. The highest BCUT2D eigenvalue weighted by Gasteiger charge is 2.46. The number of Topliss-reactive ketones (excluding diaryl/α,β-unsaturated/α-hetero) is 1. The smallest absolute Gasteiger partial charge is 0.295 e. The van der Waals surface area contributed by atoms with Crippen LogP contribution in [0.3, 0.4) is 0 Å². The van der Waals surface area contributed by atoms with Crippen molar-refractivity contribution >= 4 is 17.4 Å². The van der Waals surface area contributed by atoms with Crippen LogP contribution < -0.4 is 14.2 Å². The lowest BCUT2D eigenvalue weighted by Crippen LogP contribution is -2.32. The molecule has 2 aromatic rings. The molecule has 1 heterocycles. The number of methoxy groups -OCH3 is 2. The van der Waals surface area contributed by atoms with Gasteiger partial charge >= 0.3 is 0 Å². The molecular formula is C29H37NO7. The minimum Gasteiger partial charge on any atom is -0.507 e. The minimum absolute atomic E-state index is 0.00396. The molecule has 1 aliphatic heterocycles. The van der Waals surface area contributed by atoms with E-state index in [4.69, 9.17) is 18.9 Å². The lowest BCUT2D eigenvalue weighted by molar-refractivity contribution is -0.140. The van der Waals surface area contributed by atoms with E-state index < -0.39 is 17.7 Å². The van der Waals surface area contributed by atoms with Crippen LogP contribution in [-0.4, -0.2) is 62.3 Å². The number of amides is 1. The third kappa shape index (κ3) is 6.63. The zero-order valence-electron chi connectivity index (χ0n) is 22.3. The number of ketones is 1. The molecule has 1 amide bonds. The Kier molecular flexibility index (Phi) is 9.97. The van der Waals surface area contributed by atoms with Crippen molar-refractivity contribution in [1.82, 2.24) is 4.90 Å². The summed E-state index contributed by atoms with van der Waals surface area (Å²) < 4.78 is 22.4. The molecule has 8 heteroatoms. The summed E-state index contributed by atoms with van der Waals surface area (Å²) in [6.45, 7) is 7.72. The number of ether oxygens (including phenoxy) is 4. The fourth-order valence-electron chi connectivity index (χ4n) is 4.13. The Morgan fingerprint density at radius 2 is 1.78 bits per heavy atom. The highest BCUT2D eigenvalue weighted by Crippen LogP contribution is 2.42. The molecule has 1 aliphatic rings. The van der Waals surface area contributed by atoms with E-state index in [1.54, 1.807) is 42.5 Å². The van der Waals surface area contributed by atoms with Crippen LogP contribution in [0, 0.1) is 5.92 Å². The number of carbonyl (C=O) groups excluding carboxylic acids is 2. The molecular weight excluding hydrogens is 474 g/mol. The number of hydrogen-bond acceptors (Lipinski definition) is 7. The Balaban J connectivity index is 2.07. The van der Waals surface area contributed by atoms with Gasteiger partial charge in [-0.3, -0.25) is 9.59 Å². The van der Waals surface area contributed by atoms with E-state index in [0.717, 1.165) is 12.8 Å². The third-order valence-electron chi connectivity index (χ3n) is 6.11. The van der Waals surface area contributed by atoms with E-state index in [2.05, 4.69) is 13.8 Å². The molecule has 1 unspecified atom stereocenters. The van der Waals surface area contributed by atoms with E-state index in [0.29, 0.717) is 47.5 Å². The topological polar surface area (TPSA) is 94.5 Å². The van der Waals surface area contributed by atoms with Gasteiger partial charge in [-0.2, -0.15) is 0 Å². The minimum atomic E-state index is -0.825. The number of aliphatic hydroxyl groups is 1. The zero-order chi connectivity index (χ0) is 26.9. The monoisotopic (exact) mass is 511 g/mol. The second-order valence-electron chi connectivity index (χ2n) is 9.30. The fourth-order valence-corrected chi connectivity index (χ4v) is 4.13. The van der Waals surface area contributed by atoms with Gasteiger partial charge in [0, 0.05) is 19.2 Å². The summed E-state index contributed by atoms with van der Waals surface area (Å²) in [5, 5.41) is 11.3. The number of nitrogens with zero attached hydrogens (tertiary/aromatic N) is 1. The summed E-state index contributed by atoms with van der Waals surface area (Å²) in [7, 11) is 3.07. The summed E-state index contributed by atoms with van der Waals surface area (Å²) in [5.41, 5.74) is 1.01. The summed E-state index contributed by atoms with van der Waals surface area (Å²) >= 11 is 0. The Labute approximate surface area is 218 Å². The van der Waals surface area contributed by atoms with Crippen molar-refractivity contribution in [3.8, 4) is 17.2 Å². The second kappa shape index (κ2) is 13.1. The quantitative estimate of drug-likeness (QED) is 0.230. The first kappa shape index (κ1) is 28.1. The van der Waals surface area contributed by atoms with Crippen LogP contribution in [0.2, 0.25) is 0 Å². The average molecular weight is 512 g/mol. The molecule has 1 fully saturated rings. The van der Waals surface area contributed by atoms with Crippen LogP contribution in [0.4, 0.5) is 0 Å².